The number of aromatic nitrogens is 3. The topological polar surface area (TPSA) is 167 Å². The number of amides is 1. The largest absolute Gasteiger partial charge is 0.507 e. The van der Waals surface area contributed by atoms with Crippen LogP contribution in [-0.2, 0) is 9.53 Å². The number of nitrogens with two attached hydrogens (primary N) is 1. The van der Waals surface area contributed by atoms with Gasteiger partial charge in [0.1, 0.15) is 23.4 Å². The van der Waals surface area contributed by atoms with E-state index < -0.39 is 40.3 Å². The van der Waals surface area contributed by atoms with Crippen molar-refractivity contribution >= 4 is 27.8 Å². The number of hydrogen-bond acceptors (Lipinski definition) is 8. The molecule has 12 heteroatoms. The number of ether oxygens (including phenoxy) is 2. The van der Waals surface area contributed by atoms with Crippen molar-refractivity contribution in [2.24, 2.45) is 17.1 Å². The number of benzene rings is 2. The highest BCUT2D eigenvalue weighted by atomic mass is 79.9. The first-order chi connectivity index (χ1) is 18.0. The average Bonchev–Trinajstić information content (AvgIpc) is 3.43. The molecule has 3 unspecified atom stereocenters. The lowest BCUT2D eigenvalue weighted by Crippen LogP contribution is -2.45. The van der Waals surface area contributed by atoms with Crippen LogP contribution < -0.4 is 21.7 Å². The second-order valence-corrected chi connectivity index (χ2v) is 10.8. The summed E-state index contributed by atoms with van der Waals surface area (Å²) in [7, 11) is 0. The minimum absolute atomic E-state index is 0.0734. The molecule has 38 heavy (non-hydrogen) atoms. The Morgan fingerprint density at radius 2 is 1.92 bits per heavy atom. The van der Waals surface area contributed by atoms with Crippen LogP contribution in [0.2, 0.25) is 0 Å². The Labute approximate surface area is 224 Å². The lowest BCUT2D eigenvalue weighted by atomic mass is 9.81. The van der Waals surface area contributed by atoms with E-state index in [0.717, 1.165) is 11.1 Å². The van der Waals surface area contributed by atoms with Crippen LogP contribution in [0.5, 0.6) is 17.2 Å². The number of nitrogens with one attached hydrogen (secondary N) is 1. The quantitative estimate of drug-likeness (QED) is 0.371. The lowest BCUT2D eigenvalue weighted by Gasteiger charge is -2.31. The van der Waals surface area contributed by atoms with Crippen molar-refractivity contribution in [3.05, 3.63) is 72.5 Å². The summed E-state index contributed by atoms with van der Waals surface area (Å²) in [5.41, 5.74) is 3.88. The van der Waals surface area contributed by atoms with Gasteiger partial charge in [0.25, 0.3) is 5.56 Å². The Balaban J connectivity index is 1.45. The Morgan fingerprint density at radius 1 is 1.21 bits per heavy atom. The van der Waals surface area contributed by atoms with E-state index in [4.69, 9.17) is 15.2 Å². The summed E-state index contributed by atoms with van der Waals surface area (Å²) in [5, 5.41) is 13.7. The highest BCUT2D eigenvalue weighted by Crippen LogP contribution is 2.55. The zero-order valence-electron chi connectivity index (χ0n) is 20.6. The number of rotatable bonds is 6. The monoisotopic (exact) mass is 584 g/mol. The van der Waals surface area contributed by atoms with Crippen molar-refractivity contribution in [3.8, 4) is 22.9 Å². The molecule has 0 saturated heterocycles. The van der Waals surface area contributed by atoms with Crippen LogP contribution in [0, 0.1) is 25.2 Å². The number of aromatic amines is 1. The molecular weight excluding hydrogens is 560 g/mol. The van der Waals surface area contributed by atoms with Gasteiger partial charge in [0.15, 0.2) is 0 Å². The fourth-order valence-corrected chi connectivity index (χ4v) is 5.88. The molecule has 4 N–H and O–H groups in total. The number of aromatic hydroxyl groups is 1. The van der Waals surface area contributed by atoms with Crippen molar-refractivity contribution in [2.75, 3.05) is 0 Å². The maximum absolute atomic E-state index is 13.0. The molecule has 2 bridgehead atoms. The molecule has 2 aliphatic rings. The van der Waals surface area contributed by atoms with E-state index in [1.807, 2.05) is 0 Å². The first kappa shape index (κ1) is 25.7. The number of nitrogens with zero attached hydrogens (tertiary/aromatic N) is 2. The highest BCUT2D eigenvalue weighted by molar-refractivity contribution is 9.10. The van der Waals surface area contributed by atoms with Crippen LogP contribution in [0.3, 0.4) is 0 Å². The van der Waals surface area contributed by atoms with Crippen LogP contribution in [0.15, 0.2) is 44.4 Å². The summed E-state index contributed by atoms with van der Waals surface area (Å²) in [5.74, 6) is -0.234. The molecule has 11 nitrogen and oxygen atoms in total. The fourth-order valence-electron chi connectivity index (χ4n) is 5.52. The Morgan fingerprint density at radius 3 is 2.55 bits per heavy atom. The van der Waals surface area contributed by atoms with E-state index >= 15 is 0 Å². The van der Waals surface area contributed by atoms with E-state index in [1.165, 1.54) is 6.07 Å². The molecule has 0 aliphatic heterocycles. The van der Waals surface area contributed by atoms with Gasteiger partial charge in [-0.2, -0.15) is 9.78 Å². The number of phenols is 1. The molecular formula is C26H25BrN4O7. The summed E-state index contributed by atoms with van der Waals surface area (Å²) >= 11 is 3.25. The number of esters is 1. The smallest absolute Gasteiger partial charge is 0.364 e. The predicted octanol–water partition coefficient (Wildman–Crippen LogP) is 3.00. The third kappa shape index (κ3) is 4.38. The van der Waals surface area contributed by atoms with Gasteiger partial charge in [-0.1, -0.05) is 0 Å². The number of fused-ring (bicyclic) bond motifs is 2. The molecule has 2 fully saturated rings. The number of H-pyrrole nitrogens is 1. The number of aryl methyl sites for hydroxylation is 2. The van der Waals surface area contributed by atoms with Crippen molar-refractivity contribution in [2.45, 2.75) is 45.6 Å². The molecule has 2 aliphatic carbocycles. The molecule has 0 spiro atoms. The van der Waals surface area contributed by atoms with Crippen LogP contribution in [0.25, 0.3) is 5.69 Å². The number of phenolic OH excluding ortho intramolecular Hbond substituents is 1. The predicted molar refractivity (Wildman–Crippen MR) is 139 cm³/mol. The van der Waals surface area contributed by atoms with E-state index in [0.29, 0.717) is 52.0 Å². The number of halogens is 1. The first-order valence-corrected chi connectivity index (χ1v) is 12.8. The van der Waals surface area contributed by atoms with Crippen LogP contribution >= 0.6 is 15.9 Å². The van der Waals surface area contributed by atoms with Crippen molar-refractivity contribution in [1.29, 1.82) is 0 Å². The molecule has 0 radical (unpaired) electrons. The van der Waals surface area contributed by atoms with Gasteiger partial charge < -0.3 is 20.3 Å². The molecule has 3 atom stereocenters. The minimum Gasteiger partial charge on any atom is -0.507 e. The summed E-state index contributed by atoms with van der Waals surface area (Å²) < 4.78 is 12.9. The van der Waals surface area contributed by atoms with Crippen molar-refractivity contribution in [1.82, 2.24) is 14.8 Å². The second-order valence-electron chi connectivity index (χ2n) is 9.90. The maximum Gasteiger partial charge on any atom is 0.364 e. The lowest BCUT2D eigenvalue weighted by molar-refractivity contribution is -0.133. The van der Waals surface area contributed by atoms with Crippen molar-refractivity contribution < 1.29 is 24.2 Å². The van der Waals surface area contributed by atoms with E-state index in [2.05, 4.69) is 26.0 Å². The summed E-state index contributed by atoms with van der Waals surface area (Å²) in [6.45, 7) is 3.54. The summed E-state index contributed by atoms with van der Waals surface area (Å²) in [4.78, 5) is 52.4. The zero-order valence-corrected chi connectivity index (χ0v) is 22.2. The number of carbonyl (C=O) groups excluding carboxylic acids is 2. The fraction of sp³-hybridized carbons (Fsp3) is 0.346. The Kier molecular flexibility index (Phi) is 6.38. The van der Waals surface area contributed by atoms with Crippen molar-refractivity contribution in [3.63, 3.8) is 0 Å². The van der Waals surface area contributed by atoms with Gasteiger partial charge in [-0.15, -0.1) is 0 Å². The van der Waals surface area contributed by atoms with Gasteiger partial charge >= 0.3 is 11.7 Å². The molecule has 1 aromatic heterocycles. The molecule has 198 valence electrons. The third-order valence-corrected chi connectivity index (χ3v) is 8.04. The molecule has 5 rings (SSSR count). The number of carbonyl (C=O) groups is 2. The molecule has 3 aromatic rings. The number of hydrogen-bond donors (Lipinski definition) is 3. The summed E-state index contributed by atoms with van der Waals surface area (Å²) in [6.07, 6.45) is 1.67. The SMILES string of the molecule is Cc1cc(-n2nc(C(=O)OC3CC4CCC3(C(N)=O)C4)c(=O)[nH]c2=O)cc(C)c1Oc1ccc(O)c(Br)c1. The maximum atomic E-state index is 13.0. The minimum atomic E-state index is -1.02. The standard InChI is InChI=1S/C26H25BrN4O7/c1-12-7-15(8-13(2)21(12)37-16-3-4-18(32)17(27)10-16)31-25(36)29-22(33)20(30-31)23(34)38-19-9-14-5-6-26(19,11-14)24(28)35/h3-4,7-8,10,14,19,32H,5-6,9,11H2,1-2H3,(H2,28,35)(H,29,33,36). The summed E-state index contributed by atoms with van der Waals surface area (Å²) in [6, 6.07) is 7.96. The molecule has 2 saturated carbocycles. The zero-order chi connectivity index (χ0) is 27.4. The second kappa shape index (κ2) is 9.43. The van der Waals surface area contributed by atoms with Gasteiger partial charge in [0.05, 0.1) is 15.6 Å². The van der Waals surface area contributed by atoms with E-state index in [9.17, 15) is 24.3 Å². The van der Waals surface area contributed by atoms with Gasteiger partial charge in [0, 0.05) is 0 Å². The Hall–Kier alpha value is -3.93. The number of primary amides is 1. The van der Waals surface area contributed by atoms with Gasteiger partial charge in [0.2, 0.25) is 11.6 Å². The molecule has 2 aromatic carbocycles. The van der Waals surface area contributed by atoms with Crippen LogP contribution in [0.1, 0.15) is 47.3 Å². The van der Waals surface area contributed by atoms with Gasteiger partial charge in [-0.3, -0.25) is 14.6 Å². The average molecular weight is 585 g/mol. The highest BCUT2D eigenvalue weighted by Gasteiger charge is 2.58. The van der Waals surface area contributed by atoms with Gasteiger partial charge in [-0.25, -0.2) is 9.59 Å². The van der Waals surface area contributed by atoms with E-state index in [-0.39, 0.29) is 11.7 Å². The van der Waals surface area contributed by atoms with Crippen LogP contribution in [-0.4, -0.2) is 37.9 Å². The molecule has 1 heterocycles. The van der Waals surface area contributed by atoms with Gasteiger partial charge in [-0.05, 0) is 103 Å². The molecule has 1 amide bonds. The van der Waals surface area contributed by atoms with Crippen LogP contribution in [0.4, 0.5) is 0 Å². The normalized spacial score (nSPS) is 21.9. The van der Waals surface area contributed by atoms with E-state index in [1.54, 1.807) is 38.1 Å². The third-order valence-electron chi connectivity index (χ3n) is 7.41. The Bertz CT molecular complexity index is 1570. The first-order valence-electron chi connectivity index (χ1n) is 12.0.